The van der Waals surface area contributed by atoms with E-state index >= 15 is 0 Å². The maximum atomic E-state index is 13.6. The first-order valence-corrected chi connectivity index (χ1v) is 9.56. The molecule has 1 nitrogen and oxygen atoms in total. The molecule has 0 atom stereocenters. The summed E-state index contributed by atoms with van der Waals surface area (Å²) < 4.78 is 90.8. The lowest BCUT2D eigenvalue weighted by Gasteiger charge is -2.27. The second kappa shape index (κ2) is 6.31. The highest BCUT2D eigenvalue weighted by Crippen LogP contribution is 2.46. The normalized spacial score (nSPS) is 13.8. The Labute approximate surface area is 125 Å². The molecule has 0 fully saturated rings. The van der Waals surface area contributed by atoms with Crippen molar-refractivity contribution in [2.45, 2.75) is 24.4 Å². The van der Waals surface area contributed by atoms with Crippen LogP contribution in [0.1, 0.15) is 11.1 Å². The van der Waals surface area contributed by atoms with Crippen molar-refractivity contribution in [3.05, 3.63) is 35.4 Å². The van der Waals surface area contributed by atoms with E-state index in [9.17, 15) is 30.7 Å². The zero-order valence-corrected chi connectivity index (χ0v) is 12.6. The lowest BCUT2D eigenvalue weighted by atomic mass is 10.1. The molecule has 0 aliphatic heterocycles. The molecular formula is C10H7Cl2F7OSi. The van der Waals surface area contributed by atoms with Gasteiger partial charge in [0.05, 0.1) is 0 Å². The second-order valence-electron chi connectivity index (χ2n) is 3.93. The van der Waals surface area contributed by atoms with Crippen LogP contribution >= 0.6 is 22.2 Å². The molecule has 11 heteroatoms. The van der Waals surface area contributed by atoms with Crippen molar-refractivity contribution in [3.8, 4) is 0 Å². The predicted octanol–water partition coefficient (Wildman–Crippen LogP) is 4.69. The fourth-order valence-corrected chi connectivity index (χ4v) is 3.13. The molecule has 0 heterocycles. The molecule has 1 aromatic carbocycles. The zero-order valence-electron chi connectivity index (χ0n) is 9.90. The highest BCUT2D eigenvalue weighted by Gasteiger charge is 2.63. The average molecular weight is 375 g/mol. The van der Waals surface area contributed by atoms with Gasteiger partial charge in [-0.1, -0.05) is 18.2 Å². The monoisotopic (exact) mass is 374 g/mol. The molecule has 0 bridgehead atoms. The van der Waals surface area contributed by atoms with E-state index in [1.807, 2.05) is 0 Å². The van der Waals surface area contributed by atoms with E-state index < -0.39 is 31.4 Å². The Hall–Kier alpha value is -0.513. The van der Waals surface area contributed by atoms with E-state index in [1.54, 1.807) is 0 Å². The van der Waals surface area contributed by atoms with Crippen LogP contribution in [0.3, 0.4) is 0 Å². The molecule has 0 amide bonds. The molecule has 0 saturated carbocycles. The predicted molar refractivity (Wildman–Crippen MR) is 65.0 cm³/mol. The van der Waals surface area contributed by atoms with Crippen molar-refractivity contribution in [2.24, 2.45) is 0 Å². The number of halogens is 9. The molecule has 0 aromatic heterocycles. The summed E-state index contributed by atoms with van der Waals surface area (Å²) in [5, 5.41) is 0. The average Bonchev–Trinajstić information content (AvgIpc) is 2.24. The van der Waals surface area contributed by atoms with Gasteiger partial charge >= 0.3 is 18.4 Å². The first-order valence-electron chi connectivity index (χ1n) is 5.25. The molecule has 1 rings (SSSR count). The maximum absolute atomic E-state index is 13.6. The van der Waals surface area contributed by atoms with Crippen molar-refractivity contribution in [2.75, 3.05) is 0 Å². The summed E-state index contributed by atoms with van der Waals surface area (Å²) in [6.45, 7) is 0. The van der Waals surface area contributed by atoms with Crippen molar-refractivity contribution >= 4 is 29.6 Å². The minimum absolute atomic E-state index is 0.00126. The Balaban J connectivity index is 3.11. The van der Waals surface area contributed by atoms with Crippen LogP contribution in [-0.2, 0) is 16.7 Å². The van der Waals surface area contributed by atoms with Crippen LogP contribution < -0.4 is 0 Å². The van der Waals surface area contributed by atoms with Gasteiger partial charge < -0.3 is 0 Å². The van der Waals surface area contributed by atoms with Gasteiger partial charge in [-0.25, -0.2) is 4.74 Å². The summed E-state index contributed by atoms with van der Waals surface area (Å²) in [5.41, 5.74) is -1.20. The number of hydrogen-bond acceptors (Lipinski definition) is 1. The van der Waals surface area contributed by atoms with Crippen LogP contribution in [0.5, 0.6) is 0 Å². The smallest absolute Gasteiger partial charge is 0.221 e. The van der Waals surface area contributed by atoms with Crippen LogP contribution in [0.25, 0.3) is 0 Å². The van der Waals surface area contributed by atoms with E-state index in [4.69, 9.17) is 22.2 Å². The number of alkyl halides is 7. The molecule has 0 spiro atoms. The van der Waals surface area contributed by atoms with Gasteiger partial charge in [0.15, 0.2) is 0 Å². The summed E-state index contributed by atoms with van der Waals surface area (Å²) in [6.07, 6.45) is -11.7. The first-order chi connectivity index (χ1) is 9.35. The first kappa shape index (κ1) is 18.5. The molecule has 120 valence electrons. The van der Waals surface area contributed by atoms with Gasteiger partial charge in [-0.15, -0.1) is 35.3 Å². The minimum Gasteiger partial charge on any atom is -0.221 e. The van der Waals surface area contributed by atoms with Crippen LogP contribution in [0, 0.1) is 0 Å². The summed E-state index contributed by atoms with van der Waals surface area (Å²) in [6, 6.07) is 3.48. The van der Waals surface area contributed by atoms with Gasteiger partial charge in [0.2, 0.25) is 7.42 Å². The van der Waals surface area contributed by atoms with Gasteiger partial charge in [0.1, 0.15) is 0 Å². The lowest BCUT2D eigenvalue weighted by Crippen LogP contribution is -2.44. The minimum atomic E-state index is -5.91. The maximum Gasteiger partial charge on any atom is 0.527 e. The van der Waals surface area contributed by atoms with E-state index in [-0.39, 0.29) is 11.6 Å². The van der Waals surface area contributed by atoms with Crippen molar-refractivity contribution < 1.29 is 35.5 Å². The number of benzene rings is 1. The topological polar surface area (TPSA) is 9.23 Å². The Morgan fingerprint density at radius 1 is 1.00 bits per heavy atom. The third-order valence-corrected chi connectivity index (χ3v) is 3.99. The molecule has 1 aromatic rings. The lowest BCUT2D eigenvalue weighted by molar-refractivity contribution is -0.469. The van der Waals surface area contributed by atoms with E-state index in [0.29, 0.717) is 12.1 Å². The van der Waals surface area contributed by atoms with Crippen LogP contribution in [0.4, 0.5) is 30.7 Å². The molecule has 0 saturated heterocycles. The number of rotatable bonds is 5. The summed E-state index contributed by atoms with van der Waals surface area (Å²) in [4.78, 5) is 0. The Morgan fingerprint density at radius 2 is 1.57 bits per heavy atom. The highest BCUT2D eigenvalue weighted by atomic mass is 35.7. The van der Waals surface area contributed by atoms with Crippen molar-refractivity contribution in [1.29, 1.82) is 0 Å². The zero-order chi connectivity index (χ0) is 16.5. The summed E-state index contributed by atoms with van der Waals surface area (Å²) in [7, 11) is -2.25. The third kappa shape index (κ3) is 5.01. The Kier molecular flexibility index (Phi) is 5.57. The number of ether oxygens (including phenoxy) is 1. The fourth-order valence-electron chi connectivity index (χ4n) is 1.45. The van der Waals surface area contributed by atoms with Crippen molar-refractivity contribution in [3.63, 3.8) is 0 Å². The summed E-state index contributed by atoms with van der Waals surface area (Å²) >= 11 is 11.1. The Morgan fingerprint density at radius 3 is 2.05 bits per heavy atom. The van der Waals surface area contributed by atoms with Crippen LogP contribution in [0.2, 0.25) is 0 Å². The quantitative estimate of drug-likeness (QED) is 0.412. The molecule has 0 N–H and O–H groups in total. The number of hydrogen-bond donors (Lipinski definition) is 0. The molecule has 21 heavy (non-hydrogen) atoms. The highest BCUT2D eigenvalue weighted by molar-refractivity contribution is 7.33. The third-order valence-electron chi connectivity index (χ3n) is 2.29. The van der Waals surface area contributed by atoms with Gasteiger partial charge in [-0.05, 0) is 17.7 Å². The summed E-state index contributed by atoms with van der Waals surface area (Å²) in [5.74, 6) is -5.17. The van der Waals surface area contributed by atoms with Crippen LogP contribution in [-0.4, -0.2) is 19.9 Å². The van der Waals surface area contributed by atoms with Gasteiger partial charge in [-0.2, -0.15) is 17.6 Å². The standard InChI is InChI=1S/C10H7Cl2F7OSi/c11-21(12)5-6-2-1-3-7(4-6)8(13,14)9(15,16)20-10(17,18)19/h1-4,21H,5H2. The van der Waals surface area contributed by atoms with Crippen molar-refractivity contribution in [1.82, 2.24) is 0 Å². The van der Waals surface area contributed by atoms with E-state index in [2.05, 4.69) is 4.74 Å². The Bertz CT molecular complexity index is 493. The van der Waals surface area contributed by atoms with Crippen LogP contribution in [0.15, 0.2) is 24.3 Å². The van der Waals surface area contributed by atoms with E-state index in [0.717, 1.165) is 6.07 Å². The molecule has 0 unspecified atom stereocenters. The van der Waals surface area contributed by atoms with Gasteiger partial charge in [0, 0.05) is 5.56 Å². The molecule has 0 aliphatic rings. The van der Waals surface area contributed by atoms with Gasteiger partial charge in [-0.3, -0.25) is 0 Å². The molecule has 0 aliphatic carbocycles. The molecule has 0 radical (unpaired) electrons. The van der Waals surface area contributed by atoms with Gasteiger partial charge in [0.25, 0.3) is 0 Å². The fraction of sp³-hybridized carbons (Fsp3) is 0.400. The molecular weight excluding hydrogens is 368 g/mol. The SMILES string of the molecule is FC(F)(F)OC(F)(F)C(F)(F)c1cccc(C[SiH](Cl)Cl)c1. The largest absolute Gasteiger partial charge is 0.527 e. The second-order valence-corrected chi connectivity index (χ2v) is 8.96. The van der Waals surface area contributed by atoms with E-state index in [1.165, 1.54) is 6.07 Å².